The molecule has 0 bridgehead atoms. The number of nitrogens with zero attached hydrogens (tertiary/aromatic N) is 3. The van der Waals surface area contributed by atoms with Crippen LogP contribution in [0.3, 0.4) is 0 Å². The highest BCUT2D eigenvalue weighted by Gasteiger charge is 2.60. The van der Waals surface area contributed by atoms with Gasteiger partial charge in [-0.1, -0.05) is 5.16 Å². The van der Waals surface area contributed by atoms with Crippen molar-refractivity contribution in [3.05, 3.63) is 28.6 Å². The van der Waals surface area contributed by atoms with E-state index in [9.17, 15) is 26.7 Å². The molecule has 19 heavy (non-hydrogen) atoms. The highest BCUT2D eigenvalue weighted by atomic mass is 19.4. The summed E-state index contributed by atoms with van der Waals surface area (Å²) in [7, 11) is 0. The first-order chi connectivity index (χ1) is 8.72. The molecule has 6 nitrogen and oxygen atoms in total. The van der Waals surface area contributed by atoms with Crippen molar-refractivity contribution in [3.63, 3.8) is 0 Å². The van der Waals surface area contributed by atoms with Gasteiger partial charge in [0.2, 0.25) is 5.82 Å². The molecule has 0 atom stereocenters. The van der Waals surface area contributed by atoms with Gasteiger partial charge in [-0.2, -0.15) is 22.0 Å². The Hall–Kier alpha value is -2.33. The van der Waals surface area contributed by atoms with E-state index in [1.54, 1.807) is 0 Å². The molecule has 102 valence electrons. The summed E-state index contributed by atoms with van der Waals surface area (Å²) in [5.41, 5.74) is -1.99. The van der Waals surface area contributed by atoms with Gasteiger partial charge in [0.15, 0.2) is 0 Å². The predicted octanol–water partition coefficient (Wildman–Crippen LogP) is 1.47. The van der Waals surface area contributed by atoms with Gasteiger partial charge in [-0.15, -0.1) is 0 Å². The van der Waals surface area contributed by atoms with Crippen molar-refractivity contribution < 1.29 is 26.5 Å². The molecule has 2 aromatic rings. The average molecular weight is 282 g/mol. The molecule has 0 fully saturated rings. The second-order valence-electron chi connectivity index (χ2n) is 3.30. The highest BCUT2D eigenvalue weighted by molar-refractivity contribution is 5.48. The molecule has 1 N–H and O–H groups in total. The monoisotopic (exact) mass is 282 g/mol. The fraction of sp³-hybridized carbons (Fsp3) is 0.250. The SMILES string of the molecule is O=c1[nH]c(-c2cc(C(F)(F)C(F)(F)F)ncn2)no1. The van der Waals surface area contributed by atoms with Crippen LogP contribution in [0.5, 0.6) is 0 Å². The summed E-state index contributed by atoms with van der Waals surface area (Å²) in [6.07, 6.45) is -5.30. The van der Waals surface area contributed by atoms with Crippen LogP contribution in [0.4, 0.5) is 22.0 Å². The molecule has 0 radical (unpaired) electrons. The van der Waals surface area contributed by atoms with Crippen molar-refractivity contribution in [2.75, 3.05) is 0 Å². The maximum absolute atomic E-state index is 13.0. The minimum atomic E-state index is -5.80. The van der Waals surface area contributed by atoms with E-state index in [2.05, 4.69) is 19.6 Å². The Balaban J connectivity index is 2.49. The zero-order valence-electron chi connectivity index (χ0n) is 8.70. The van der Waals surface area contributed by atoms with Crippen molar-refractivity contribution in [2.45, 2.75) is 12.1 Å². The molecule has 0 aromatic carbocycles. The van der Waals surface area contributed by atoms with E-state index in [4.69, 9.17) is 0 Å². The largest absolute Gasteiger partial charge is 0.459 e. The molecule has 0 aliphatic carbocycles. The number of hydrogen-bond donors (Lipinski definition) is 1. The Morgan fingerprint density at radius 2 is 1.84 bits per heavy atom. The van der Waals surface area contributed by atoms with E-state index in [1.165, 1.54) is 0 Å². The van der Waals surface area contributed by atoms with Crippen LogP contribution in [0.15, 0.2) is 21.7 Å². The molecule has 0 amide bonds. The van der Waals surface area contributed by atoms with Crippen molar-refractivity contribution >= 4 is 0 Å². The van der Waals surface area contributed by atoms with Crippen LogP contribution in [0, 0.1) is 0 Å². The molecule has 0 aliphatic heterocycles. The first-order valence-corrected chi connectivity index (χ1v) is 4.55. The number of aromatic nitrogens is 4. The molecule has 2 aromatic heterocycles. The second-order valence-corrected chi connectivity index (χ2v) is 3.30. The average Bonchev–Trinajstić information content (AvgIpc) is 2.75. The molecule has 0 aliphatic rings. The number of rotatable bonds is 2. The first kappa shape index (κ1) is 13.1. The van der Waals surface area contributed by atoms with E-state index in [1.807, 2.05) is 4.98 Å². The maximum Gasteiger partial charge on any atom is 0.459 e. The van der Waals surface area contributed by atoms with Crippen molar-refractivity contribution in [1.82, 2.24) is 20.1 Å². The fourth-order valence-corrected chi connectivity index (χ4v) is 1.14. The van der Waals surface area contributed by atoms with Crippen LogP contribution in [0.25, 0.3) is 11.5 Å². The first-order valence-electron chi connectivity index (χ1n) is 4.55. The minimum absolute atomic E-state index is 0.362. The van der Waals surface area contributed by atoms with Gasteiger partial charge < -0.3 is 0 Å². The zero-order chi connectivity index (χ0) is 14.3. The molecule has 0 saturated heterocycles. The van der Waals surface area contributed by atoms with Crippen LogP contribution in [-0.4, -0.2) is 26.3 Å². The molecule has 2 rings (SSSR count). The minimum Gasteiger partial charge on any atom is -0.296 e. The summed E-state index contributed by atoms with van der Waals surface area (Å²) >= 11 is 0. The van der Waals surface area contributed by atoms with E-state index in [0.29, 0.717) is 12.4 Å². The number of aromatic amines is 1. The van der Waals surface area contributed by atoms with Crippen LogP contribution in [0.2, 0.25) is 0 Å². The van der Waals surface area contributed by atoms with Gasteiger partial charge in [-0.05, 0) is 6.07 Å². The second kappa shape index (κ2) is 4.10. The summed E-state index contributed by atoms with van der Waals surface area (Å²) in [6, 6.07) is 0.362. The lowest BCUT2D eigenvalue weighted by Crippen LogP contribution is -2.34. The van der Waals surface area contributed by atoms with Crippen molar-refractivity contribution in [3.8, 4) is 11.5 Å². The third-order valence-corrected chi connectivity index (χ3v) is 2.03. The number of halogens is 5. The van der Waals surface area contributed by atoms with Gasteiger partial charge >= 0.3 is 17.9 Å². The summed E-state index contributed by atoms with van der Waals surface area (Å²) < 4.78 is 66.6. The lowest BCUT2D eigenvalue weighted by molar-refractivity contribution is -0.290. The van der Waals surface area contributed by atoms with E-state index >= 15 is 0 Å². The summed E-state index contributed by atoms with van der Waals surface area (Å²) in [5, 5.41) is 3.11. The molecular formula is C8H3F5N4O2. The number of H-pyrrole nitrogens is 1. The van der Waals surface area contributed by atoms with Crippen LogP contribution in [0.1, 0.15) is 5.69 Å². The fourth-order valence-electron chi connectivity index (χ4n) is 1.14. The smallest absolute Gasteiger partial charge is 0.296 e. The zero-order valence-corrected chi connectivity index (χ0v) is 8.70. The number of hydrogen-bond acceptors (Lipinski definition) is 5. The van der Waals surface area contributed by atoms with E-state index in [-0.39, 0.29) is 5.82 Å². The molecule has 0 spiro atoms. The van der Waals surface area contributed by atoms with Gasteiger partial charge in [0.1, 0.15) is 17.7 Å². The van der Waals surface area contributed by atoms with Gasteiger partial charge in [-0.3, -0.25) is 9.51 Å². The lowest BCUT2D eigenvalue weighted by Gasteiger charge is -2.18. The molecular weight excluding hydrogens is 279 g/mol. The third kappa shape index (κ3) is 2.30. The Labute approximate surface area is 99.8 Å². The third-order valence-electron chi connectivity index (χ3n) is 2.03. The highest BCUT2D eigenvalue weighted by Crippen LogP contribution is 2.43. The van der Waals surface area contributed by atoms with E-state index < -0.39 is 29.2 Å². The Morgan fingerprint density at radius 3 is 2.37 bits per heavy atom. The Kier molecular flexibility index (Phi) is 2.83. The van der Waals surface area contributed by atoms with Crippen molar-refractivity contribution in [2.24, 2.45) is 0 Å². The molecule has 11 heteroatoms. The van der Waals surface area contributed by atoms with Crippen LogP contribution < -0.4 is 5.76 Å². The van der Waals surface area contributed by atoms with Gasteiger partial charge in [0.25, 0.3) is 0 Å². The maximum atomic E-state index is 13.0. The number of alkyl halides is 5. The molecule has 0 unspecified atom stereocenters. The Morgan fingerprint density at radius 1 is 1.16 bits per heavy atom. The molecule has 0 saturated carbocycles. The van der Waals surface area contributed by atoms with Gasteiger partial charge in [-0.25, -0.2) is 14.8 Å². The quantitative estimate of drug-likeness (QED) is 0.843. The van der Waals surface area contributed by atoms with Gasteiger partial charge in [0.05, 0.1) is 0 Å². The predicted molar refractivity (Wildman–Crippen MR) is 48.1 cm³/mol. The summed E-state index contributed by atoms with van der Waals surface area (Å²) in [6.45, 7) is 0. The normalized spacial score (nSPS) is 12.7. The standard InChI is InChI=1S/C8H3F5N4O2/c9-7(10,8(11,12)13)4-1-3(14-2-15-4)5-16-6(18)19-17-5/h1-2H,(H,16,17,18). The lowest BCUT2D eigenvalue weighted by atomic mass is 10.2. The van der Waals surface area contributed by atoms with Crippen LogP contribution >= 0.6 is 0 Å². The number of nitrogens with one attached hydrogen (secondary N) is 1. The van der Waals surface area contributed by atoms with Gasteiger partial charge in [0, 0.05) is 0 Å². The van der Waals surface area contributed by atoms with Crippen molar-refractivity contribution in [1.29, 1.82) is 0 Å². The molecule has 2 heterocycles. The Bertz CT molecular complexity index is 647. The van der Waals surface area contributed by atoms with E-state index in [0.717, 1.165) is 0 Å². The summed E-state index contributed by atoms with van der Waals surface area (Å²) in [4.78, 5) is 18.9. The summed E-state index contributed by atoms with van der Waals surface area (Å²) in [5.74, 6) is -6.53. The topological polar surface area (TPSA) is 84.7 Å². The van der Waals surface area contributed by atoms with Crippen LogP contribution in [-0.2, 0) is 5.92 Å².